The summed E-state index contributed by atoms with van der Waals surface area (Å²) in [6.45, 7) is 6.06. The molecule has 0 bridgehead atoms. The molecule has 0 atom stereocenters. The van der Waals surface area contributed by atoms with Crippen LogP contribution < -0.4 is 5.56 Å². The van der Waals surface area contributed by atoms with Crippen molar-refractivity contribution in [2.24, 2.45) is 5.92 Å². The Kier molecular flexibility index (Phi) is 4.49. The van der Waals surface area contributed by atoms with Crippen LogP contribution in [0, 0.1) is 12.8 Å². The van der Waals surface area contributed by atoms with Gasteiger partial charge < -0.3 is 9.72 Å². The molecule has 1 N–H and O–H groups in total. The van der Waals surface area contributed by atoms with Crippen molar-refractivity contribution in [1.82, 2.24) is 9.97 Å². The maximum atomic E-state index is 12.5. The third-order valence-electron chi connectivity index (χ3n) is 3.58. The minimum Gasteiger partial charge on any atom is -0.461 e. The number of carbonyl (C=O) groups is 1. The number of thiophene rings is 1. The van der Waals surface area contributed by atoms with E-state index in [1.807, 2.05) is 44.2 Å². The number of benzene rings is 1. The van der Waals surface area contributed by atoms with Gasteiger partial charge in [-0.05, 0) is 18.4 Å². The average molecular weight is 342 g/mol. The molecule has 0 aliphatic carbocycles. The molecule has 124 valence electrons. The zero-order valence-electron chi connectivity index (χ0n) is 13.8. The first-order valence-corrected chi connectivity index (χ1v) is 8.55. The summed E-state index contributed by atoms with van der Waals surface area (Å²) in [6.07, 6.45) is 0. The van der Waals surface area contributed by atoms with Gasteiger partial charge in [-0.2, -0.15) is 0 Å². The molecule has 0 saturated carbocycles. The first kappa shape index (κ1) is 16.4. The molecule has 3 aromatic rings. The Morgan fingerprint density at radius 1 is 1.29 bits per heavy atom. The third-order valence-corrected chi connectivity index (χ3v) is 4.75. The summed E-state index contributed by atoms with van der Waals surface area (Å²) in [5.41, 5.74) is 1.21. The van der Waals surface area contributed by atoms with E-state index in [0.717, 1.165) is 5.56 Å². The van der Waals surface area contributed by atoms with Crippen molar-refractivity contribution in [3.05, 3.63) is 51.1 Å². The van der Waals surface area contributed by atoms with E-state index in [2.05, 4.69) is 9.97 Å². The molecule has 1 aromatic carbocycles. The van der Waals surface area contributed by atoms with E-state index in [9.17, 15) is 9.59 Å². The van der Waals surface area contributed by atoms with Gasteiger partial charge >= 0.3 is 5.97 Å². The second-order valence-electron chi connectivity index (χ2n) is 6.01. The number of H-pyrrole nitrogens is 1. The Morgan fingerprint density at radius 2 is 2.00 bits per heavy atom. The fourth-order valence-electron chi connectivity index (χ4n) is 2.38. The van der Waals surface area contributed by atoms with Gasteiger partial charge in [0.1, 0.15) is 15.5 Å². The van der Waals surface area contributed by atoms with Crippen LogP contribution in [0.15, 0.2) is 35.1 Å². The molecule has 6 heteroatoms. The predicted octanol–water partition coefficient (Wildman–Crippen LogP) is 3.77. The predicted molar refractivity (Wildman–Crippen MR) is 95.5 cm³/mol. The van der Waals surface area contributed by atoms with E-state index in [1.54, 1.807) is 6.92 Å². The SMILES string of the molecule is Cc1c(C(=O)OCC(C)C)sc2nc(-c3ccccc3)[nH]c(=O)c12. The van der Waals surface area contributed by atoms with Crippen molar-refractivity contribution in [3.8, 4) is 11.4 Å². The number of nitrogens with zero attached hydrogens (tertiary/aromatic N) is 1. The van der Waals surface area contributed by atoms with Crippen molar-refractivity contribution < 1.29 is 9.53 Å². The van der Waals surface area contributed by atoms with Crippen LogP contribution in [0.1, 0.15) is 29.1 Å². The number of aryl methyl sites for hydroxylation is 1. The van der Waals surface area contributed by atoms with Gasteiger partial charge in [0, 0.05) is 5.56 Å². The Hall–Kier alpha value is -2.47. The fourth-order valence-corrected chi connectivity index (χ4v) is 3.45. The lowest BCUT2D eigenvalue weighted by Gasteiger charge is -2.05. The quantitative estimate of drug-likeness (QED) is 0.733. The summed E-state index contributed by atoms with van der Waals surface area (Å²) in [6, 6.07) is 9.42. The monoisotopic (exact) mass is 342 g/mol. The Balaban J connectivity index is 2.06. The minimum absolute atomic E-state index is 0.240. The third kappa shape index (κ3) is 3.10. The van der Waals surface area contributed by atoms with Crippen LogP contribution in [-0.4, -0.2) is 22.5 Å². The van der Waals surface area contributed by atoms with Gasteiger partial charge in [-0.3, -0.25) is 4.79 Å². The van der Waals surface area contributed by atoms with Gasteiger partial charge in [0.15, 0.2) is 0 Å². The van der Waals surface area contributed by atoms with Crippen LogP contribution >= 0.6 is 11.3 Å². The Bertz CT molecular complexity index is 942. The number of nitrogens with one attached hydrogen (secondary N) is 1. The number of carbonyl (C=O) groups excluding carboxylic acids is 1. The van der Waals surface area contributed by atoms with Gasteiger partial charge in [0.2, 0.25) is 0 Å². The number of fused-ring (bicyclic) bond motifs is 1. The number of ether oxygens (including phenoxy) is 1. The normalized spacial score (nSPS) is 11.2. The van der Waals surface area contributed by atoms with Crippen LogP contribution in [0.2, 0.25) is 0 Å². The molecule has 2 heterocycles. The summed E-state index contributed by atoms with van der Waals surface area (Å²) < 4.78 is 5.29. The van der Waals surface area contributed by atoms with E-state index in [0.29, 0.717) is 33.1 Å². The summed E-state index contributed by atoms with van der Waals surface area (Å²) in [7, 11) is 0. The number of esters is 1. The zero-order valence-corrected chi connectivity index (χ0v) is 14.6. The highest BCUT2D eigenvalue weighted by Gasteiger charge is 2.20. The van der Waals surface area contributed by atoms with E-state index in [1.165, 1.54) is 11.3 Å². The molecule has 3 rings (SSSR count). The molecule has 2 aromatic heterocycles. The van der Waals surface area contributed by atoms with Crippen molar-refractivity contribution in [2.45, 2.75) is 20.8 Å². The van der Waals surface area contributed by atoms with E-state index in [-0.39, 0.29) is 11.5 Å². The van der Waals surface area contributed by atoms with Crippen LogP contribution in [-0.2, 0) is 4.74 Å². The van der Waals surface area contributed by atoms with Gasteiger partial charge in [0.05, 0.1) is 12.0 Å². The van der Waals surface area contributed by atoms with Gasteiger partial charge in [0.25, 0.3) is 5.56 Å². The molecule has 0 amide bonds. The zero-order chi connectivity index (χ0) is 17.3. The van der Waals surface area contributed by atoms with Gasteiger partial charge in [-0.1, -0.05) is 44.2 Å². The molecular formula is C18H18N2O3S. The van der Waals surface area contributed by atoms with Crippen molar-refractivity contribution in [3.63, 3.8) is 0 Å². The standard InChI is InChI=1S/C18H18N2O3S/c1-10(2)9-23-18(22)14-11(3)13-16(21)19-15(20-17(13)24-14)12-7-5-4-6-8-12/h4-8,10H,9H2,1-3H3,(H,19,20,21). The number of aromatic nitrogens is 2. The molecule has 0 unspecified atom stereocenters. The van der Waals surface area contributed by atoms with Crippen molar-refractivity contribution in [2.75, 3.05) is 6.61 Å². The van der Waals surface area contributed by atoms with Gasteiger partial charge in [-0.15, -0.1) is 11.3 Å². The van der Waals surface area contributed by atoms with E-state index >= 15 is 0 Å². The van der Waals surface area contributed by atoms with E-state index < -0.39 is 5.97 Å². The fraction of sp³-hybridized carbons (Fsp3) is 0.278. The lowest BCUT2D eigenvalue weighted by atomic mass is 10.2. The molecule has 0 radical (unpaired) electrons. The first-order chi connectivity index (χ1) is 11.5. The molecule has 24 heavy (non-hydrogen) atoms. The van der Waals surface area contributed by atoms with Crippen LogP contribution in [0.3, 0.4) is 0 Å². The Labute approximate surface area is 143 Å². The summed E-state index contributed by atoms with van der Waals surface area (Å²) in [4.78, 5) is 33.0. The maximum absolute atomic E-state index is 12.5. The van der Waals surface area contributed by atoms with E-state index in [4.69, 9.17) is 4.74 Å². The topological polar surface area (TPSA) is 72.0 Å². The number of rotatable bonds is 4. The minimum atomic E-state index is -0.398. The second kappa shape index (κ2) is 6.57. The molecule has 0 saturated heterocycles. The molecule has 5 nitrogen and oxygen atoms in total. The number of aromatic amines is 1. The van der Waals surface area contributed by atoms with Crippen LogP contribution in [0.25, 0.3) is 21.6 Å². The van der Waals surface area contributed by atoms with Crippen LogP contribution in [0.5, 0.6) is 0 Å². The average Bonchev–Trinajstić information content (AvgIpc) is 2.90. The molecule has 0 aliphatic rings. The Morgan fingerprint density at radius 3 is 2.67 bits per heavy atom. The molecular weight excluding hydrogens is 324 g/mol. The summed E-state index contributed by atoms with van der Waals surface area (Å²) >= 11 is 1.20. The molecule has 0 spiro atoms. The molecule has 0 aliphatic heterocycles. The highest BCUT2D eigenvalue weighted by Crippen LogP contribution is 2.29. The highest BCUT2D eigenvalue weighted by molar-refractivity contribution is 7.20. The lowest BCUT2D eigenvalue weighted by molar-refractivity contribution is 0.0464. The first-order valence-electron chi connectivity index (χ1n) is 7.73. The maximum Gasteiger partial charge on any atom is 0.348 e. The summed E-state index contributed by atoms with van der Waals surface area (Å²) in [5.74, 6) is 0.358. The van der Waals surface area contributed by atoms with Crippen LogP contribution in [0.4, 0.5) is 0 Å². The largest absolute Gasteiger partial charge is 0.461 e. The van der Waals surface area contributed by atoms with Crippen molar-refractivity contribution >= 4 is 27.5 Å². The highest BCUT2D eigenvalue weighted by atomic mass is 32.1. The second-order valence-corrected chi connectivity index (χ2v) is 7.01. The number of hydrogen-bond acceptors (Lipinski definition) is 5. The van der Waals surface area contributed by atoms with Gasteiger partial charge in [-0.25, -0.2) is 9.78 Å². The summed E-state index contributed by atoms with van der Waals surface area (Å²) in [5, 5.41) is 0.455. The smallest absolute Gasteiger partial charge is 0.348 e. The molecule has 0 fully saturated rings. The lowest BCUT2D eigenvalue weighted by Crippen LogP contribution is -2.11. The number of hydrogen-bond donors (Lipinski definition) is 1. The van der Waals surface area contributed by atoms with Crippen molar-refractivity contribution in [1.29, 1.82) is 0 Å².